The first-order chi connectivity index (χ1) is 9.99. The molecule has 3 N–H and O–H groups in total. The summed E-state index contributed by atoms with van der Waals surface area (Å²) in [6.45, 7) is 4.04. The first kappa shape index (κ1) is 15.5. The zero-order chi connectivity index (χ0) is 15.4. The topological polar surface area (TPSA) is 79.5 Å². The monoisotopic (exact) mass is 291 g/mol. The molecule has 2 atom stereocenters. The molecule has 2 amide bonds. The van der Waals surface area contributed by atoms with Crippen molar-refractivity contribution in [3.63, 3.8) is 0 Å². The number of aryl methyl sites for hydroxylation is 1. The third kappa shape index (κ3) is 4.03. The van der Waals surface area contributed by atoms with Crippen molar-refractivity contribution in [2.75, 3.05) is 24.3 Å². The number of rotatable bonds is 4. The van der Waals surface area contributed by atoms with E-state index in [2.05, 4.69) is 16.0 Å². The van der Waals surface area contributed by atoms with Crippen LogP contribution in [0.4, 0.5) is 11.4 Å². The summed E-state index contributed by atoms with van der Waals surface area (Å²) in [7, 11) is 1.65. The molecule has 0 aromatic heterocycles. The van der Waals surface area contributed by atoms with Gasteiger partial charge < -0.3 is 20.7 Å². The van der Waals surface area contributed by atoms with Gasteiger partial charge in [0.25, 0.3) is 0 Å². The smallest absolute Gasteiger partial charge is 0.241 e. The van der Waals surface area contributed by atoms with Gasteiger partial charge in [0, 0.05) is 32.0 Å². The molecule has 1 aromatic carbocycles. The van der Waals surface area contributed by atoms with Crippen molar-refractivity contribution >= 4 is 23.2 Å². The van der Waals surface area contributed by atoms with Gasteiger partial charge >= 0.3 is 0 Å². The van der Waals surface area contributed by atoms with Crippen molar-refractivity contribution in [1.82, 2.24) is 5.32 Å². The molecule has 2 rings (SSSR count). The molecule has 1 saturated heterocycles. The number of methoxy groups -OCH3 is 1. The molecule has 1 aliphatic rings. The van der Waals surface area contributed by atoms with E-state index in [1.54, 1.807) is 19.2 Å². The molecular weight excluding hydrogens is 270 g/mol. The van der Waals surface area contributed by atoms with E-state index in [0.29, 0.717) is 24.3 Å². The van der Waals surface area contributed by atoms with Crippen LogP contribution in [0.25, 0.3) is 0 Å². The van der Waals surface area contributed by atoms with E-state index in [4.69, 9.17) is 4.74 Å². The fourth-order valence-corrected chi connectivity index (χ4v) is 2.34. The standard InChI is InChI=1S/C15H21N3O3/c1-9-4-5-11(17-10(2)19)6-13(9)18-15(20)14-7-12(21-3)8-16-14/h4-6,12,14,16H,7-8H2,1-3H3,(H,17,19)(H,18,20). The highest BCUT2D eigenvalue weighted by molar-refractivity contribution is 5.97. The average molecular weight is 291 g/mol. The van der Waals surface area contributed by atoms with E-state index in [0.717, 1.165) is 5.56 Å². The molecule has 21 heavy (non-hydrogen) atoms. The summed E-state index contributed by atoms with van der Waals surface area (Å²) < 4.78 is 5.24. The highest BCUT2D eigenvalue weighted by atomic mass is 16.5. The van der Waals surface area contributed by atoms with Crippen molar-refractivity contribution in [2.45, 2.75) is 32.4 Å². The normalized spacial score (nSPS) is 21.1. The van der Waals surface area contributed by atoms with Gasteiger partial charge in [-0.05, 0) is 31.0 Å². The number of amides is 2. The summed E-state index contributed by atoms with van der Waals surface area (Å²) in [4.78, 5) is 23.3. The maximum Gasteiger partial charge on any atom is 0.241 e. The van der Waals surface area contributed by atoms with E-state index in [9.17, 15) is 9.59 Å². The second-order valence-corrected chi connectivity index (χ2v) is 5.25. The summed E-state index contributed by atoms with van der Waals surface area (Å²) in [6, 6.07) is 5.18. The summed E-state index contributed by atoms with van der Waals surface area (Å²) >= 11 is 0. The van der Waals surface area contributed by atoms with Crippen molar-refractivity contribution in [2.24, 2.45) is 0 Å². The third-order valence-corrected chi connectivity index (χ3v) is 3.56. The Morgan fingerprint density at radius 1 is 1.33 bits per heavy atom. The highest BCUT2D eigenvalue weighted by Crippen LogP contribution is 2.21. The zero-order valence-electron chi connectivity index (χ0n) is 12.5. The molecule has 114 valence electrons. The van der Waals surface area contributed by atoms with Crippen LogP contribution in [0.5, 0.6) is 0 Å². The minimum absolute atomic E-state index is 0.0764. The van der Waals surface area contributed by atoms with Crippen LogP contribution in [0, 0.1) is 6.92 Å². The van der Waals surface area contributed by atoms with E-state index in [-0.39, 0.29) is 24.0 Å². The van der Waals surface area contributed by atoms with E-state index in [1.165, 1.54) is 6.92 Å². The molecule has 6 nitrogen and oxygen atoms in total. The summed E-state index contributed by atoms with van der Waals surface area (Å²) in [5.74, 6) is -0.228. The average Bonchev–Trinajstić information content (AvgIpc) is 2.91. The van der Waals surface area contributed by atoms with Gasteiger partial charge in [-0.2, -0.15) is 0 Å². The van der Waals surface area contributed by atoms with Crippen LogP contribution in [0.2, 0.25) is 0 Å². The summed E-state index contributed by atoms with van der Waals surface area (Å²) in [5, 5.41) is 8.74. The van der Waals surface area contributed by atoms with Gasteiger partial charge in [0.15, 0.2) is 0 Å². The Morgan fingerprint density at radius 3 is 2.71 bits per heavy atom. The fourth-order valence-electron chi connectivity index (χ4n) is 2.34. The number of benzene rings is 1. The Morgan fingerprint density at radius 2 is 2.10 bits per heavy atom. The lowest BCUT2D eigenvalue weighted by atomic mass is 10.1. The number of anilines is 2. The lowest BCUT2D eigenvalue weighted by molar-refractivity contribution is -0.118. The molecule has 0 saturated carbocycles. The molecule has 1 fully saturated rings. The Labute approximate surface area is 124 Å². The van der Waals surface area contributed by atoms with E-state index < -0.39 is 0 Å². The maximum absolute atomic E-state index is 12.2. The Balaban J connectivity index is 2.04. The zero-order valence-corrected chi connectivity index (χ0v) is 12.5. The quantitative estimate of drug-likeness (QED) is 0.780. The van der Waals surface area contributed by atoms with Gasteiger partial charge in [-0.25, -0.2) is 0 Å². The van der Waals surface area contributed by atoms with Gasteiger partial charge in [0.05, 0.1) is 12.1 Å². The van der Waals surface area contributed by atoms with Crippen molar-refractivity contribution in [1.29, 1.82) is 0 Å². The highest BCUT2D eigenvalue weighted by Gasteiger charge is 2.29. The van der Waals surface area contributed by atoms with E-state index in [1.807, 2.05) is 13.0 Å². The molecule has 2 unspecified atom stereocenters. The lowest BCUT2D eigenvalue weighted by Gasteiger charge is -2.14. The second-order valence-electron chi connectivity index (χ2n) is 5.25. The SMILES string of the molecule is COC1CNC(C(=O)Nc2cc(NC(C)=O)ccc2C)C1. The minimum Gasteiger partial charge on any atom is -0.380 e. The fraction of sp³-hybridized carbons (Fsp3) is 0.467. The van der Waals surface area contributed by atoms with Crippen LogP contribution in [0.1, 0.15) is 18.9 Å². The van der Waals surface area contributed by atoms with Crippen molar-refractivity contribution < 1.29 is 14.3 Å². The number of ether oxygens (including phenoxy) is 1. The predicted molar refractivity (Wildman–Crippen MR) is 81.3 cm³/mol. The largest absolute Gasteiger partial charge is 0.380 e. The minimum atomic E-state index is -0.251. The number of hydrogen-bond donors (Lipinski definition) is 3. The van der Waals surface area contributed by atoms with Gasteiger partial charge in [0.2, 0.25) is 11.8 Å². The third-order valence-electron chi connectivity index (χ3n) is 3.56. The lowest BCUT2D eigenvalue weighted by Crippen LogP contribution is -2.35. The number of nitrogens with one attached hydrogen (secondary N) is 3. The van der Waals surface area contributed by atoms with Gasteiger partial charge in [-0.3, -0.25) is 9.59 Å². The van der Waals surface area contributed by atoms with Crippen LogP contribution < -0.4 is 16.0 Å². The predicted octanol–water partition coefficient (Wildman–Crippen LogP) is 1.27. The van der Waals surface area contributed by atoms with Crippen LogP contribution in [-0.2, 0) is 14.3 Å². The van der Waals surface area contributed by atoms with Crippen molar-refractivity contribution in [3.8, 4) is 0 Å². The molecule has 1 aromatic rings. The van der Waals surface area contributed by atoms with Crippen molar-refractivity contribution in [3.05, 3.63) is 23.8 Å². The Hall–Kier alpha value is -1.92. The summed E-state index contributed by atoms with van der Waals surface area (Å²) in [5.41, 5.74) is 2.31. The number of carbonyl (C=O) groups excluding carboxylic acids is 2. The maximum atomic E-state index is 12.2. The molecular formula is C15H21N3O3. The van der Waals surface area contributed by atoms with Gasteiger partial charge in [-0.1, -0.05) is 6.07 Å². The molecule has 1 aliphatic heterocycles. The molecule has 0 aliphatic carbocycles. The molecule has 0 spiro atoms. The van der Waals surface area contributed by atoms with Crippen LogP contribution in [0.15, 0.2) is 18.2 Å². The molecule has 6 heteroatoms. The Bertz CT molecular complexity index is 545. The molecule has 0 bridgehead atoms. The summed E-state index contributed by atoms with van der Waals surface area (Å²) in [6.07, 6.45) is 0.736. The first-order valence-corrected chi connectivity index (χ1v) is 6.95. The van der Waals surface area contributed by atoms with Crippen LogP contribution in [-0.4, -0.2) is 37.6 Å². The van der Waals surface area contributed by atoms with E-state index >= 15 is 0 Å². The van der Waals surface area contributed by atoms with Crippen LogP contribution in [0.3, 0.4) is 0 Å². The molecule has 0 radical (unpaired) electrons. The second kappa shape index (κ2) is 6.69. The number of carbonyl (C=O) groups is 2. The van der Waals surface area contributed by atoms with Crippen LogP contribution >= 0.6 is 0 Å². The Kier molecular flexibility index (Phi) is 4.93. The number of hydrogen-bond acceptors (Lipinski definition) is 4. The van der Waals surface area contributed by atoms with Gasteiger partial charge in [0.1, 0.15) is 0 Å². The molecule has 1 heterocycles. The van der Waals surface area contributed by atoms with Gasteiger partial charge in [-0.15, -0.1) is 0 Å². The first-order valence-electron chi connectivity index (χ1n) is 6.95.